The number of benzene rings is 1. The van der Waals surface area contributed by atoms with E-state index in [2.05, 4.69) is 4.98 Å². The fourth-order valence-electron chi connectivity index (χ4n) is 2.03. The number of para-hydroxylation sites is 1. The summed E-state index contributed by atoms with van der Waals surface area (Å²) in [6, 6.07) is 12.6. The van der Waals surface area contributed by atoms with E-state index in [4.69, 9.17) is 10.2 Å². The summed E-state index contributed by atoms with van der Waals surface area (Å²) >= 11 is 0. The van der Waals surface area contributed by atoms with Gasteiger partial charge in [0.1, 0.15) is 5.76 Å². The van der Waals surface area contributed by atoms with E-state index in [0.717, 1.165) is 5.39 Å². The van der Waals surface area contributed by atoms with Crippen molar-refractivity contribution in [1.29, 1.82) is 0 Å². The number of furan rings is 1. The molecule has 0 spiro atoms. The van der Waals surface area contributed by atoms with Crippen LogP contribution < -0.4 is 5.73 Å². The number of hydrogen-bond acceptors (Lipinski definition) is 4. The van der Waals surface area contributed by atoms with E-state index >= 15 is 0 Å². The number of carbonyl (C=O) groups is 1. The Morgan fingerprint density at radius 3 is 2.79 bits per heavy atom. The molecule has 0 aliphatic heterocycles. The Bertz CT molecular complexity index is 741. The molecule has 19 heavy (non-hydrogen) atoms. The molecular formula is C15H12N2O2. The van der Waals surface area contributed by atoms with Gasteiger partial charge in [-0.05, 0) is 24.3 Å². The largest absolute Gasteiger partial charge is 0.456 e. The van der Waals surface area contributed by atoms with Crippen LogP contribution in [0.25, 0.3) is 10.9 Å². The average Bonchev–Trinajstić information content (AvgIpc) is 2.95. The zero-order valence-corrected chi connectivity index (χ0v) is 10.2. The summed E-state index contributed by atoms with van der Waals surface area (Å²) in [5.41, 5.74) is 6.69. The highest BCUT2D eigenvalue weighted by atomic mass is 16.3. The van der Waals surface area contributed by atoms with Crippen molar-refractivity contribution >= 4 is 16.7 Å². The fourth-order valence-corrected chi connectivity index (χ4v) is 2.03. The molecule has 2 heterocycles. The van der Waals surface area contributed by atoms with E-state index in [1.165, 1.54) is 0 Å². The Hall–Kier alpha value is -2.46. The first-order valence-corrected chi connectivity index (χ1v) is 5.97. The molecule has 0 atom stereocenters. The van der Waals surface area contributed by atoms with Crippen molar-refractivity contribution in [3.63, 3.8) is 0 Å². The van der Waals surface area contributed by atoms with Crippen LogP contribution in [0, 0.1) is 0 Å². The molecule has 4 heteroatoms. The molecule has 0 unspecified atom stereocenters. The molecule has 4 nitrogen and oxygen atoms in total. The van der Waals surface area contributed by atoms with Gasteiger partial charge in [0.25, 0.3) is 0 Å². The number of hydrogen-bond donors (Lipinski definition) is 1. The fraction of sp³-hybridized carbons (Fsp3) is 0.0667. The van der Waals surface area contributed by atoms with E-state index in [1.54, 1.807) is 24.4 Å². The van der Waals surface area contributed by atoms with Crippen LogP contribution in [0.15, 0.2) is 53.1 Å². The van der Waals surface area contributed by atoms with E-state index in [0.29, 0.717) is 22.6 Å². The van der Waals surface area contributed by atoms with Crippen LogP contribution in [0.2, 0.25) is 0 Å². The monoisotopic (exact) mass is 252 g/mol. The lowest BCUT2D eigenvalue weighted by Crippen LogP contribution is -2.02. The van der Waals surface area contributed by atoms with Crippen molar-refractivity contribution in [3.05, 3.63) is 65.7 Å². The predicted octanol–water partition coefficient (Wildman–Crippen LogP) is 2.52. The summed E-state index contributed by atoms with van der Waals surface area (Å²) in [6.45, 7) is 0.279. The molecule has 0 aliphatic carbocycles. The number of pyridine rings is 1. The highest BCUT2D eigenvalue weighted by Gasteiger charge is 2.16. The van der Waals surface area contributed by atoms with Crippen LogP contribution in [0.5, 0.6) is 0 Å². The summed E-state index contributed by atoms with van der Waals surface area (Å²) in [6.07, 6.45) is 1.67. The second-order valence-corrected chi connectivity index (χ2v) is 4.18. The van der Waals surface area contributed by atoms with Crippen LogP contribution >= 0.6 is 0 Å². The number of nitrogens with two attached hydrogens (primary N) is 1. The minimum atomic E-state index is -0.177. The first-order valence-electron chi connectivity index (χ1n) is 5.97. The normalized spacial score (nSPS) is 10.8. The molecule has 2 aromatic heterocycles. The van der Waals surface area contributed by atoms with Crippen LogP contribution in [-0.4, -0.2) is 10.8 Å². The van der Waals surface area contributed by atoms with Crippen molar-refractivity contribution in [1.82, 2.24) is 4.98 Å². The molecule has 0 radical (unpaired) electrons. The average molecular weight is 252 g/mol. The first kappa shape index (κ1) is 11.6. The SMILES string of the molecule is NCc1ccc(C(=O)c2cccc3cccnc23)o1. The third-order valence-corrected chi connectivity index (χ3v) is 2.96. The third kappa shape index (κ3) is 2.02. The van der Waals surface area contributed by atoms with Crippen molar-refractivity contribution in [2.75, 3.05) is 0 Å². The van der Waals surface area contributed by atoms with E-state index in [9.17, 15) is 4.79 Å². The quantitative estimate of drug-likeness (QED) is 0.727. The zero-order valence-electron chi connectivity index (χ0n) is 10.2. The van der Waals surface area contributed by atoms with Gasteiger partial charge >= 0.3 is 0 Å². The van der Waals surface area contributed by atoms with E-state index < -0.39 is 0 Å². The molecule has 0 bridgehead atoms. The molecular weight excluding hydrogens is 240 g/mol. The lowest BCUT2D eigenvalue weighted by molar-refractivity contribution is 0.101. The predicted molar refractivity (Wildman–Crippen MR) is 71.8 cm³/mol. The van der Waals surface area contributed by atoms with Gasteiger partial charge in [0.15, 0.2) is 5.76 Å². The molecule has 0 saturated heterocycles. The third-order valence-electron chi connectivity index (χ3n) is 2.96. The first-order chi connectivity index (χ1) is 9.29. The number of fused-ring (bicyclic) bond motifs is 1. The molecule has 94 valence electrons. The van der Waals surface area contributed by atoms with Crippen molar-refractivity contribution in [2.45, 2.75) is 6.54 Å². The van der Waals surface area contributed by atoms with Gasteiger partial charge in [0.2, 0.25) is 5.78 Å². The van der Waals surface area contributed by atoms with E-state index in [1.807, 2.05) is 24.3 Å². The summed E-state index contributed by atoms with van der Waals surface area (Å²) < 4.78 is 5.40. The maximum Gasteiger partial charge on any atom is 0.230 e. The number of ketones is 1. The summed E-state index contributed by atoms with van der Waals surface area (Å²) in [4.78, 5) is 16.7. The van der Waals surface area contributed by atoms with E-state index in [-0.39, 0.29) is 12.3 Å². The minimum absolute atomic E-state index is 0.177. The zero-order chi connectivity index (χ0) is 13.2. The Morgan fingerprint density at radius 2 is 2.00 bits per heavy atom. The Labute approximate surface area is 109 Å². The molecule has 0 fully saturated rings. The number of aromatic nitrogens is 1. The van der Waals surface area contributed by atoms with Gasteiger partial charge in [-0.3, -0.25) is 9.78 Å². The summed E-state index contributed by atoms with van der Waals surface area (Å²) in [7, 11) is 0. The molecule has 1 aromatic carbocycles. The van der Waals surface area contributed by atoms with Crippen LogP contribution in [-0.2, 0) is 6.54 Å². The number of nitrogens with zero attached hydrogens (tertiary/aromatic N) is 1. The maximum atomic E-state index is 12.4. The maximum absolute atomic E-state index is 12.4. The second-order valence-electron chi connectivity index (χ2n) is 4.18. The topological polar surface area (TPSA) is 69.1 Å². The van der Waals surface area contributed by atoms with Crippen molar-refractivity contribution in [2.24, 2.45) is 5.73 Å². The lowest BCUT2D eigenvalue weighted by atomic mass is 10.0. The molecule has 2 N–H and O–H groups in total. The van der Waals surface area contributed by atoms with Gasteiger partial charge in [-0.1, -0.05) is 18.2 Å². The van der Waals surface area contributed by atoms with Crippen LogP contribution in [0.4, 0.5) is 0 Å². The Balaban J connectivity index is 2.11. The van der Waals surface area contributed by atoms with Crippen molar-refractivity contribution in [3.8, 4) is 0 Å². The lowest BCUT2D eigenvalue weighted by Gasteiger charge is -2.02. The van der Waals surface area contributed by atoms with Crippen LogP contribution in [0.3, 0.4) is 0 Å². The van der Waals surface area contributed by atoms with Crippen molar-refractivity contribution < 1.29 is 9.21 Å². The van der Waals surface area contributed by atoms with Gasteiger partial charge in [0.05, 0.1) is 17.6 Å². The summed E-state index contributed by atoms with van der Waals surface area (Å²) in [5.74, 6) is 0.708. The molecule has 0 aliphatic rings. The molecule has 3 aromatic rings. The second kappa shape index (κ2) is 4.66. The van der Waals surface area contributed by atoms with Crippen LogP contribution in [0.1, 0.15) is 21.9 Å². The standard InChI is InChI=1S/C15H12N2O2/c16-9-11-6-7-13(19-11)15(18)12-5-1-3-10-4-2-8-17-14(10)12/h1-8H,9,16H2. The Morgan fingerprint density at radius 1 is 1.16 bits per heavy atom. The Kier molecular flexibility index (Phi) is 2.85. The highest BCUT2D eigenvalue weighted by molar-refractivity contribution is 6.14. The van der Waals surface area contributed by atoms with Gasteiger partial charge in [-0.15, -0.1) is 0 Å². The van der Waals surface area contributed by atoms with Gasteiger partial charge in [0, 0.05) is 11.6 Å². The molecule has 0 saturated carbocycles. The van der Waals surface area contributed by atoms with Gasteiger partial charge in [-0.25, -0.2) is 0 Å². The smallest absolute Gasteiger partial charge is 0.230 e. The number of rotatable bonds is 3. The molecule has 0 amide bonds. The number of carbonyl (C=O) groups excluding carboxylic acids is 1. The molecule has 3 rings (SSSR count). The summed E-state index contributed by atoms with van der Waals surface area (Å²) in [5, 5.41) is 0.930. The van der Waals surface area contributed by atoms with Gasteiger partial charge < -0.3 is 10.2 Å². The highest BCUT2D eigenvalue weighted by Crippen LogP contribution is 2.20. The van der Waals surface area contributed by atoms with Gasteiger partial charge in [-0.2, -0.15) is 0 Å². The minimum Gasteiger partial charge on any atom is -0.456 e.